The molecule has 0 aliphatic heterocycles. The number of benzene rings is 1. The lowest BCUT2D eigenvalue weighted by Gasteiger charge is -2.18. The molecule has 1 aromatic heterocycles. The molecule has 2 rings (SSSR count). The molecule has 0 saturated heterocycles. The highest BCUT2D eigenvalue weighted by atomic mass is 16.5. The van der Waals surface area contributed by atoms with Crippen LogP contribution in [0.1, 0.15) is 30.6 Å². The van der Waals surface area contributed by atoms with E-state index in [0.29, 0.717) is 6.42 Å². The van der Waals surface area contributed by atoms with Crippen LogP contribution < -0.4 is 25.3 Å². The number of nitrogens with two attached hydrogens (primary N) is 1. The summed E-state index contributed by atoms with van der Waals surface area (Å²) in [6.07, 6.45) is 0.431. The predicted molar refractivity (Wildman–Crippen MR) is 102 cm³/mol. The van der Waals surface area contributed by atoms with Crippen molar-refractivity contribution in [3.8, 4) is 23.5 Å². The van der Waals surface area contributed by atoms with Crippen LogP contribution >= 0.6 is 0 Å². The van der Waals surface area contributed by atoms with Gasteiger partial charge in [0.15, 0.2) is 0 Å². The van der Waals surface area contributed by atoms with E-state index in [-0.39, 0.29) is 35.0 Å². The van der Waals surface area contributed by atoms with Crippen molar-refractivity contribution in [1.82, 2.24) is 15.3 Å². The summed E-state index contributed by atoms with van der Waals surface area (Å²) in [6, 6.07) is 7.19. The molecule has 0 fully saturated rings. The summed E-state index contributed by atoms with van der Waals surface area (Å²) >= 11 is 0. The highest BCUT2D eigenvalue weighted by molar-refractivity contribution is 5.99. The number of amides is 2. The Balaban J connectivity index is 2.27. The number of methoxy groups -OCH3 is 2. The summed E-state index contributed by atoms with van der Waals surface area (Å²) in [5, 5.41) is 2.65. The van der Waals surface area contributed by atoms with Gasteiger partial charge in [0.1, 0.15) is 11.8 Å². The molecular weight excluding hydrogens is 364 g/mol. The zero-order valence-electron chi connectivity index (χ0n) is 16.3. The second kappa shape index (κ2) is 9.54. The van der Waals surface area contributed by atoms with Gasteiger partial charge in [0.2, 0.25) is 17.7 Å². The Morgan fingerprint density at radius 1 is 1.11 bits per heavy atom. The Morgan fingerprint density at radius 2 is 1.71 bits per heavy atom. The smallest absolute Gasteiger partial charge is 0.328 e. The lowest BCUT2D eigenvalue weighted by molar-refractivity contribution is -0.120. The summed E-state index contributed by atoms with van der Waals surface area (Å²) < 4.78 is 15.9. The molecule has 150 valence electrons. The van der Waals surface area contributed by atoms with Gasteiger partial charge in [0.25, 0.3) is 5.91 Å². The summed E-state index contributed by atoms with van der Waals surface area (Å²) in [7, 11) is 2.90. The fourth-order valence-electron chi connectivity index (χ4n) is 2.43. The number of ether oxygens (including phenoxy) is 3. The third-order valence-electron chi connectivity index (χ3n) is 3.77. The zero-order chi connectivity index (χ0) is 20.7. The molecule has 9 heteroatoms. The van der Waals surface area contributed by atoms with E-state index in [1.807, 2.05) is 13.8 Å². The summed E-state index contributed by atoms with van der Waals surface area (Å²) in [4.78, 5) is 32.5. The van der Waals surface area contributed by atoms with Crippen molar-refractivity contribution in [2.75, 3.05) is 14.2 Å². The number of para-hydroxylation sites is 1. The summed E-state index contributed by atoms with van der Waals surface area (Å²) in [6.45, 7) is 3.87. The van der Waals surface area contributed by atoms with Crippen LogP contribution in [0.5, 0.6) is 23.5 Å². The average molecular weight is 388 g/mol. The Bertz CT molecular complexity index is 819. The Hall–Kier alpha value is -3.36. The molecule has 1 atom stereocenters. The number of nitrogens with one attached hydrogen (secondary N) is 1. The number of hydrogen-bond acceptors (Lipinski definition) is 7. The molecule has 1 heterocycles. The topological polar surface area (TPSA) is 126 Å². The molecule has 0 spiro atoms. The molecule has 2 amide bonds. The predicted octanol–water partition coefficient (Wildman–Crippen LogP) is 1.92. The minimum absolute atomic E-state index is 0.0509. The van der Waals surface area contributed by atoms with Gasteiger partial charge in [0, 0.05) is 0 Å². The molecule has 0 unspecified atom stereocenters. The van der Waals surface area contributed by atoms with Gasteiger partial charge >= 0.3 is 6.01 Å². The van der Waals surface area contributed by atoms with Gasteiger partial charge in [-0.05, 0) is 24.5 Å². The van der Waals surface area contributed by atoms with Crippen LogP contribution in [0.3, 0.4) is 0 Å². The molecule has 3 N–H and O–H groups in total. The van der Waals surface area contributed by atoms with Gasteiger partial charge < -0.3 is 25.3 Å². The molecular formula is C19H24N4O5. The fourth-order valence-corrected chi connectivity index (χ4v) is 2.43. The quantitative estimate of drug-likeness (QED) is 0.672. The van der Waals surface area contributed by atoms with Crippen LogP contribution in [0.4, 0.5) is 0 Å². The third kappa shape index (κ3) is 5.57. The van der Waals surface area contributed by atoms with Gasteiger partial charge in [0.05, 0.1) is 25.8 Å². The van der Waals surface area contributed by atoms with Crippen LogP contribution in [0.15, 0.2) is 30.3 Å². The number of hydrogen-bond donors (Lipinski definition) is 2. The minimum Gasteiger partial charge on any atom is -0.481 e. The number of rotatable bonds is 9. The normalized spacial score (nSPS) is 11.6. The van der Waals surface area contributed by atoms with E-state index in [1.54, 1.807) is 24.3 Å². The number of primary amides is 1. The van der Waals surface area contributed by atoms with Crippen molar-refractivity contribution in [3.63, 3.8) is 0 Å². The molecule has 28 heavy (non-hydrogen) atoms. The maximum atomic E-state index is 12.7. The van der Waals surface area contributed by atoms with Crippen molar-refractivity contribution < 1.29 is 23.8 Å². The first-order valence-corrected chi connectivity index (χ1v) is 8.68. The third-order valence-corrected chi connectivity index (χ3v) is 3.77. The van der Waals surface area contributed by atoms with E-state index >= 15 is 0 Å². The molecule has 0 aliphatic rings. The highest BCUT2D eigenvalue weighted by Crippen LogP contribution is 2.26. The average Bonchev–Trinajstić information content (AvgIpc) is 2.67. The van der Waals surface area contributed by atoms with E-state index in [4.69, 9.17) is 19.9 Å². The maximum absolute atomic E-state index is 12.7. The SMILES string of the molecule is COc1cc(OC)nc(Oc2ccccc2C(=O)N[C@@H](CC(C)C)C(N)=O)n1. The lowest BCUT2D eigenvalue weighted by Crippen LogP contribution is -2.45. The molecule has 0 saturated carbocycles. The molecule has 0 radical (unpaired) electrons. The lowest BCUT2D eigenvalue weighted by atomic mass is 10.0. The maximum Gasteiger partial charge on any atom is 0.328 e. The largest absolute Gasteiger partial charge is 0.481 e. The molecule has 2 aromatic rings. The second-order valence-corrected chi connectivity index (χ2v) is 6.39. The van der Waals surface area contributed by atoms with Crippen LogP contribution in [0.2, 0.25) is 0 Å². The van der Waals surface area contributed by atoms with Crippen molar-refractivity contribution in [1.29, 1.82) is 0 Å². The number of aromatic nitrogens is 2. The molecule has 9 nitrogen and oxygen atoms in total. The fraction of sp³-hybridized carbons (Fsp3) is 0.368. The van der Waals surface area contributed by atoms with Crippen molar-refractivity contribution in [2.24, 2.45) is 11.7 Å². The van der Waals surface area contributed by atoms with Gasteiger partial charge in [-0.2, -0.15) is 9.97 Å². The van der Waals surface area contributed by atoms with E-state index in [2.05, 4.69) is 15.3 Å². The van der Waals surface area contributed by atoms with Crippen molar-refractivity contribution in [3.05, 3.63) is 35.9 Å². The second-order valence-electron chi connectivity index (χ2n) is 6.39. The summed E-state index contributed by atoms with van der Waals surface area (Å²) in [5.41, 5.74) is 5.62. The van der Waals surface area contributed by atoms with Crippen molar-refractivity contribution >= 4 is 11.8 Å². The number of carbonyl (C=O) groups is 2. The van der Waals surface area contributed by atoms with E-state index in [9.17, 15) is 9.59 Å². The summed E-state index contributed by atoms with van der Waals surface area (Å²) in [5.74, 6) is -0.203. The highest BCUT2D eigenvalue weighted by Gasteiger charge is 2.22. The van der Waals surface area contributed by atoms with Gasteiger partial charge in [-0.15, -0.1) is 0 Å². The van der Waals surface area contributed by atoms with Gasteiger partial charge in [-0.1, -0.05) is 26.0 Å². The van der Waals surface area contributed by atoms with Crippen molar-refractivity contribution in [2.45, 2.75) is 26.3 Å². The zero-order valence-corrected chi connectivity index (χ0v) is 16.3. The monoisotopic (exact) mass is 388 g/mol. The van der Waals surface area contributed by atoms with Crippen LogP contribution in [0.25, 0.3) is 0 Å². The first-order chi connectivity index (χ1) is 13.3. The van der Waals surface area contributed by atoms with E-state index < -0.39 is 17.9 Å². The van der Waals surface area contributed by atoms with E-state index in [1.165, 1.54) is 20.3 Å². The van der Waals surface area contributed by atoms with E-state index in [0.717, 1.165) is 0 Å². The number of nitrogens with zero attached hydrogens (tertiary/aromatic N) is 2. The minimum atomic E-state index is -0.784. The number of carbonyl (C=O) groups excluding carboxylic acids is 2. The van der Waals surface area contributed by atoms with Crippen LogP contribution in [-0.4, -0.2) is 42.0 Å². The first-order valence-electron chi connectivity index (χ1n) is 8.68. The van der Waals surface area contributed by atoms with Crippen LogP contribution in [0, 0.1) is 5.92 Å². The van der Waals surface area contributed by atoms with Gasteiger partial charge in [-0.25, -0.2) is 0 Å². The Kier molecular flexibility index (Phi) is 7.14. The molecule has 1 aromatic carbocycles. The standard InChI is InChI=1S/C19H24N4O5/c1-11(2)9-13(17(20)24)21-18(25)12-7-5-6-8-14(12)28-19-22-15(26-3)10-16(23-19)27-4/h5-8,10-11,13H,9H2,1-4H3,(H2,20,24)(H,21,25)/t13-/m0/s1. The van der Waals surface area contributed by atoms with Crippen LogP contribution in [-0.2, 0) is 4.79 Å². The Labute approximate surface area is 163 Å². The first kappa shape index (κ1) is 20.9. The Morgan fingerprint density at radius 3 is 2.25 bits per heavy atom. The molecule has 0 aliphatic carbocycles. The molecule has 0 bridgehead atoms. The van der Waals surface area contributed by atoms with Gasteiger partial charge in [-0.3, -0.25) is 9.59 Å².